The summed E-state index contributed by atoms with van der Waals surface area (Å²) in [4.78, 5) is 15.6. The molecule has 1 aliphatic heterocycles. The van der Waals surface area contributed by atoms with E-state index in [2.05, 4.69) is 0 Å². The summed E-state index contributed by atoms with van der Waals surface area (Å²) in [7, 11) is -1.33. The van der Waals surface area contributed by atoms with Gasteiger partial charge in [0, 0.05) is 19.6 Å². The predicted molar refractivity (Wildman–Crippen MR) is 78.2 cm³/mol. The molecule has 6 nitrogen and oxygen atoms in total. The van der Waals surface area contributed by atoms with E-state index < -0.39 is 15.4 Å². The standard InChI is InChI=1S/C13H26N2O4S/c1-5-15(10-13(2,3)17)8-12(16)14(4)11-6-7-20(18,19)9-11/h11,17H,5-10H2,1-4H3. The highest BCUT2D eigenvalue weighted by Crippen LogP contribution is 2.17. The lowest BCUT2D eigenvalue weighted by Crippen LogP contribution is -2.47. The number of aliphatic hydroxyl groups is 1. The number of likely N-dealkylation sites (N-methyl/N-ethyl adjacent to an activating group) is 2. The monoisotopic (exact) mass is 306 g/mol. The van der Waals surface area contributed by atoms with E-state index in [9.17, 15) is 18.3 Å². The van der Waals surface area contributed by atoms with Gasteiger partial charge in [0.2, 0.25) is 5.91 Å². The molecule has 1 atom stereocenters. The second-order valence-electron chi connectivity index (χ2n) is 6.18. The van der Waals surface area contributed by atoms with Gasteiger partial charge in [0.25, 0.3) is 0 Å². The summed E-state index contributed by atoms with van der Waals surface area (Å²) < 4.78 is 22.9. The van der Waals surface area contributed by atoms with Crippen molar-refractivity contribution in [3.63, 3.8) is 0 Å². The van der Waals surface area contributed by atoms with Crippen molar-refractivity contribution in [1.82, 2.24) is 9.80 Å². The lowest BCUT2D eigenvalue weighted by atomic mass is 10.1. The van der Waals surface area contributed by atoms with Crippen LogP contribution in [0.1, 0.15) is 27.2 Å². The fraction of sp³-hybridized carbons (Fsp3) is 0.923. The number of carbonyl (C=O) groups excluding carboxylic acids is 1. The third-order valence-corrected chi connectivity index (χ3v) is 5.32. The molecule has 1 aliphatic rings. The summed E-state index contributed by atoms with van der Waals surface area (Å²) in [5, 5.41) is 9.80. The van der Waals surface area contributed by atoms with Gasteiger partial charge in [0.05, 0.1) is 23.7 Å². The van der Waals surface area contributed by atoms with E-state index in [0.29, 0.717) is 19.5 Å². The molecule has 0 saturated carbocycles. The quantitative estimate of drug-likeness (QED) is 0.730. The van der Waals surface area contributed by atoms with Gasteiger partial charge in [0.1, 0.15) is 0 Å². The van der Waals surface area contributed by atoms with Gasteiger partial charge in [-0.3, -0.25) is 9.69 Å². The minimum atomic E-state index is -2.98. The Labute approximate surface area is 121 Å². The van der Waals surface area contributed by atoms with Crippen molar-refractivity contribution < 1.29 is 18.3 Å². The highest BCUT2D eigenvalue weighted by Gasteiger charge is 2.33. The molecule has 0 radical (unpaired) electrons. The maximum Gasteiger partial charge on any atom is 0.236 e. The molecule has 0 aromatic heterocycles. The Bertz CT molecular complexity index is 442. The zero-order valence-electron chi connectivity index (χ0n) is 12.8. The number of hydrogen-bond acceptors (Lipinski definition) is 5. The first-order chi connectivity index (χ1) is 9.04. The van der Waals surface area contributed by atoms with Crippen LogP contribution in [0, 0.1) is 0 Å². The fourth-order valence-corrected chi connectivity index (χ4v) is 4.19. The Kier molecular flexibility index (Phi) is 5.57. The molecule has 1 N–H and O–H groups in total. The molecule has 1 saturated heterocycles. The smallest absolute Gasteiger partial charge is 0.236 e. The predicted octanol–water partition coefficient (Wildman–Crippen LogP) is -0.275. The maximum absolute atomic E-state index is 12.2. The lowest BCUT2D eigenvalue weighted by molar-refractivity contribution is -0.133. The Hall–Kier alpha value is -0.660. The van der Waals surface area contributed by atoms with E-state index >= 15 is 0 Å². The number of nitrogens with zero attached hydrogens (tertiary/aromatic N) is 2. The molecule has 0 aliphatic carbocycles. The fourth-order valence-electron chi connectivity index (χ4n) is 2.41. The molecule has 118 valence electrons. The van der Waals surface area contributed by atoms with Gasteiger partial charge in [-0.15, -0.1) is 0 Å². The molecule has 1 heterocycles. The van der Waals surface area contributed by atoms with E-state index in [1.165, 1.54) is 4.90 Å². The summed E-state index contributed by atoms with van der Waals surface area (Å²) in [6.45, 7) is 6.60. The van der Waals surface area contributed by atoms with Crippen molar-refractivity contribution in [2.45, 2.75) is 38.8 Å². The van der Waals surface area contributed by atoms with Crippen LogP contribution in [-0.2, 0) is 14.6 Å². The molecule has 1 amide bonds. The Balaban J connectivity index is 2.57. The second-order valence-corrected chi connectivity index (χ2v) is 8.41. The van der Waals surface area contributed by atoms with Gasteiger partial charge >= 0.3 is 0 Å². The molecule has 20 heavy (non-hydrogen) atoms. The van der Waals surface area contributed by atoms with Crippen LogP contribution in [0.5, 0.6) is 0 Å². The molecule has 0 spiro atoms. The third kappa shape index (κ3) is 5.38. The van der Waals surface area contributed by atoms with Crippen LogP contribution in [0.4, 0.5) is 0 Å². The molecule has 1 rings (SSSR count). The summed E-state index contributed by atoms with van der Waals surface area (Å²) >= 11 is 0. The molecule has 0 bridgehead atoms. The number of rotatable bonds is 6. The van der Waals surface area contributed by atoms with Gasteiger partial charge in [-0.2, -0.15) is 0 Å². The van der Waals surface area contributed by atoms with Gasteiger partial charge in [-0.25, -0.2) is 8.42 Å². The first-order valence-corrected chi connectivity index (χ1v) is 8.77. The molecule has 0 aromatic carbocycles. The minimum absolute atomic E-state index is 0.0624. The number of amides is 1. The largest absolute Gasteiger partial charge is 0.389 e. The highest BCUT2D eigenvalue weighted by molar-refractivity contribution is 7.91. The van der Waals surface area contributed by atoms with E-state index in [4.69, 9.17) is 0 Å². The zero-order valence-corrected chi connectivity index (χ0v) is 13.6. The average Bonchev–Trinajstić information content (AvgIpc) is 2.65. The number of hydrogen-bond donors (Lipinski definition) is 1. The van der Waals surface area contributed by atoms with E-state index in [1.807, 2.05) is 11.8 Å². The third-order valence-electron chi connectivity index (χ3n) is 3.57. The van der Waals surface area contributed by atoms with Crippen molar-refractivity contribution in [1.29, 1.82) is 0 Å². The van der Waals surface area contributed by atoms with Crippen LogP contribution in [0.25, 0.3) is 0 Å². The van der Waals surface area contributed by atoms with Crippen LogP contribution in [0.2, 0.25) is 0 Å². The Morgan fingerprint density at radius 1 is 1.40 bits per heavy atom. The zero-order chi connectivity index (χ0) is 15.6. The van der Waals surface area contributed by atoms with E-state index in [-0.39, 0.29) is 30.0 Å². The van der Waals surface area contributed by atoms with Gasteiger partial charge in [-0.05, 0) is 26.8 Å². The summed E-state index contributed by atoms with van der Waals surface area (Å²) in [6, 6.07) is -0.214. The Morgan fingerprint density at radius 3 is 2.40 bits per heavy atom. The molecule has 1 unspecified atom stereocenters. The van der Waals surface area contributed by atoms with E-state index in [1.54, 1.807) is 20.9 Å². The molecular formula is C13H26N2O4S. The van der Waals surface area contributed by atoms with Crippen molar-refractivity contribution in [3.05, 3.63) is 0 Å². The van der Waals surface area contributed by atoms with Gasteiger partial charge in [-0.1, -0.05) is 6.92 Å². The van der Waals surface area contributed by atoms with E-state index in [0.717, 1.165) is 0 Å². The molecule has 0 aromatic rings. The SMILES string of the molecule is CCN(CC(=O)N(C)C1CCS(=O)(=O)C1)CC(C)(C)O. The van der Waals surface area contributed by atoms with Crippen molar-refractivity contribution >= 4 is 15.7 Å². The average molecular weight is 306 g/mol. The normalized spacial score (nSPS) is 22.2. The summed E-state index contributed by atoms with van der Waals surface area (Å²) in [5.74, 6) is 0.127. The van der Waals surface area contributed by atoms with Gasteiger partial charge in [0.15, 0.2) is 9.84 Å². The summed E-state index contributed by atoms with van der Waals surface area (Å²) in [5.41, 5.74) is -0.856. The van der Waals surface area contributed by atoms with Crippen molar-refractivity contribution in [2.24, 2.45) is 0 Å². The first-order valence-electron chi connectivity index (χ1n) is 6.95. The van der Waals surface area contributed by atoms with Crippen molar-refractivity contribution in [2.75, 3.05) is 38.2 Å². The Morgan fingerprint density at radius 2 is 2.00 bits per heavy atom. The topological polar surface area (TPSA) is 77.9 Å². The van der Waals surface area contributed by atoms with Gasteiger partial charge < -0.3 is 10.0 Å². The van der Waals surface area contributed by atoms with Crippen molar-refractivity contribution in [3.8, 4) is 0 Å². The van der Waals surface area contributed by atoms with Crippen LogP contribution < -0.4 is 0 Å². The molecule has 7 heteroatoms. The number of carbonyl (C=O) groups is 1. The van der Waals surface area contributed by atoms with Crippen LogP contribution in [-0.4, -0.2) is 79.1 Å². The number of sulfone groups is 1. The first kappa shape index (κ1) is 17.4. The molecule has 1 fully saturated rings. The van der Waals surface area contributed by atoms with Crippen LogP contribution >= 0.6 is 0 Å². The minimum Gasteiger partial charge on any atom is -0.389 e. The van der Waals surface area contributed by atoms with Crippen LogP contribution in [0.15, 0.2) is 0 Å². The lowest BCUT2D eigenvalue weighted by Gasteiger charge is -2.30. The highest BCUT2D eigenvalue weighted by atomic mass is 32.2. The molecular weight excluding hydrogens is 280 g/mol. The maximum atomic E-state index is 12.2. The summed E-state index contributed by atoms with van der Waals surface area (Å²) in [6.07, 6.45) is 0.516. The van der Waals surface area contributed by atoms with Crippen LogP contribution in [0.3, 0.4) is 0 Å². The second kappa shape index (κ2) is 6.41.